The largest absolute Gasteiger partial charge is 0.493 e. The minimum Gasteiger partial charge on any atom is -0.493 e. The van der Waals surface area contributed by atoms with Crippen LogP contribution in [0.5, 0.6) is 0 Å². The summed E-state index contributed by atoms with van der Waals surface area (Å²) >= 11 is 0. The van der Waals surface area contributed by atoms with Crippen LogP contribution in [-0.4, -0.2) is 36.1 Å². The Morgan fingerprint density at radius 3 is 1.72 bits per heavy atom. The SMILES string of the molecule is CC(C)O[C@H]1C=CO[C@H](COC(c2ccccc2)(c2ccccc2)c2ccccc2)[C@@H]1O. The van der Waals surface area contributed by atoms with E-state index in [-0.39, 0.29) is 12.7 Å². The van der Waals surface area contributed by atoms with E-state index in [4.69, 9.17) is 14.2 Å². The lowest BCUT2D eigenvalue weighted by Crippen LogP contribution is -2.46. The van der Waals surface area contributed by atoms with Crippen molar-refractivity contribution in [3.63, 3.8) is 0 Å². The lowest BCUT2D eigenvalue weighted by Gasteiger charge is -2.39. The van der Waals surface area contributed by atoms with E-state index in [2.05, 4.69) is 36.4 Å². The monoisotopic (exact) mass is 430 g/mol. The summed E-state index contributed by atoms with van der Waals surface area (Å²) in [5, 5.41) is 10.9. The van der Waals surface area contributed by atoms with Crippen molar-refractivity contribution in [3.8, 4) is 0 Å². The maximum atomic E-state index is 10.9. The lowest BCUT2D eigenvalue weighted by atomic mass is 9.80. The first-order valence-corrected chi connectivity index (χ1v) is 11.1. The van der Waals surface area contributed by atoms with Crippen LogP contribution in [0.4, 0.5) is 0 Å². The average molecular weight is 431 g/mol. The van der Waals surface area contributed by atoms with Gasteiger partial charge in [-0.05, 0) is 36.6 Å². The maximum Gasteiger partial charge on any atom is 0.150 e. The highest BCUT2D eigenvalue weighted by molar-refractivity contribution is 5.47. The van der Waals surface area contributed by atoms with Crippen molar-refractivity contribution in [1.82, 2.24) is 0 Å². The molecule has 0 radical (unpaired) electrons. The van der Waals surface area contributed by atoms with Crippen LogP contribution in [-0.2, 0) is 19.8 Å². The van der Waals surface area contributed by atoms with Crippen LogP contribution < -0.4 is 0 Å². The Kier molecular flexibility index (Phi) is 7.05. The quantitative estimate of drug-likeness (QED) is 0.508. The summed E-state index contributed by atoms with van der Waals surface area (Å²) in [5.41, 5.74) is 2.16. The van der Waals surface area contributed by atoms with E-state index < -0.39 is 23.9 Å². The summed E-state index contributed by atoms with van der Waals surface area (Å²) in [6, 6.07) is 30.5. The van der Waals surface area contributed by atoms with Crippen LogP contribution in [0.15, 0.2) is 103 Å². The Labute approximate surface area is 190 Å². The molecule has 0 saturated heterocycles. The molecule has 0 aromatic heterocycles. The van der Waals surface area contributed by atoms with E-state index in [1.54, 1.807) is 12.3 Å². The molecule has 0 unspecified atom stereocenters. The Bertz CT molecular complexity index is 889. The first-order valence-electron chi connectivity index (χ1n) is 11.1. The fraction of sp³-hybridized carbons (Fsp3) is 0.286. The van der Waals surface area contributed by atoms with Gasteiger partial charge in [0.1, 0.15) is 23.9 Å². The number of aliphatic hydroxyl groups excluding tert-OH is 1. The summed E-state index contributed by atoms with van der Waals surface area (Å²) in [6.45, 7) is 4.08. The standard InChI is InChI=1S/C28H30O4/c1-21(2)32-25-18-19-30-26(27(25)29)20-31-28(22-12-6-3-7-13-22,23-14-8-4-9-15-23)24-16-10-5-11-17-24/h3-19,21,25-27,29H,20H2,1-2H3/t25-,26+,27+/m0/s1. The third-order valence-electron chi connectivity index (χ3n) is 5.67. The van der Waals surface area contributed by atoms with E-state index in [0.29, 0.717) is 0 Å². The average Bonchev–Trinajstić information content (AvgIpc) is 2.83. The lowest BCUT2D eigenvalue weighted by molar-refractivity contribution is -0.136. The molecule has 3 aromatic carbocycles. The molecule has 166 valence electrons. The minimum atomic E-state index is -0.859. The van der Waals surface area contributed by atoms with Gasteiger partial charge in [0.05, 0.1) is 19.0 Å². The molecule has 0 aliphatic carbocycles. The number of hydrogen-bond acceptors (Lipinski definition) is 4. The first kappa shape index (κ1) is 22.3. The van der Waals surface area contributed by atoms with Crippen molar-refractivity contribution in [2.45, 2.75) is 43.9 Å². The number of aliphatic hydroxyl groups is 1. The van der Waals surface area contributed by atoms with Gasteiger partial charge in [0.2, 0.25) is 0 Å². The minimum absolute atomic E-state index is 0.00369. The molecular formula is C28H30O4. The molecule has 1 N–H and O–H groups in total. The van der Waals surface area contributed by atoms with Crippen LogP contribution in [0, 0.1) is 0 Å². The molecular weight excluding hydrogens is 400 g/mol. The molecule has 0 bridgehead atoms. The second-order valence-corrected chi connectivity index (χ2v) is 8.23. The van der Waals surface area contributed by atoms with Gasteiger partial charge >= 0.3 is 0 Å². The van der Waals surface area contributed by atoms with Gasteiger partial charge in [-0.2, -0.15) is 0 Å². The van der Waals surface area contributed by atoms with Gasteiger partial charge in [0, 0.05) is 0 Å². The van der Waals surface area contributed by atoms with Crippen molar-refractivity contribution < 1.29 is 19.3 Å². The zero-order valence-corrected chi connectivity index (χ0v) is 18.5. The van der Waals surface area contributed by atoms with E-state index in [9.17, 15) is 5.11 Å². The van der Waals surface area contributed by atoms with Crippen molar-refractivity contribution >= 4 is 0 Å². The molecule has 1 aliphatic heterocycles. The van der Waals surface area contributed by atoms with Gasteiger partial charge in [-0.25, -0.2) is 0 Å². The van der Waals surface area contributed by atoms with Gasteiger partial charge in [-0.15, -0.1) is 0 Å². The Morgan fingerprint density at radius 2 is 1.28 bits per heavy atom. The van der Waals surface area contributed by atoms with E-state index >= 15 is 0 Å². The van der Waals surface area contributed by atoms with Gasteiger partial charge in [-0.3, -0.25) is 0 Å². The molecule has 4 heteroatoms. The Morgan fingerprint density at radius 1 is 0.812 bits per heavy atom. The smallest absolute Gasteiger partial charge is 0.150 e. The zero-order chi connectivity index (χ0) is 22.4. The van der Waals surface area contributed by atoms with Crippen LogP contribution >= 0.6 is 0 Å². The number of benzene rings is 3. The van der Waals surface area contributed by atoms with Gasteiger partial charge in [0.25, 0.3) is 0 Å². The van der Waals surface area contributed by atoms with Gasteiger partial charge in [0.15, 0.2) is 0 Å². The van der Waals surface area contributed by atoms with E-state index in [1.807, 2.05) is 68.4 Å². The molecule has 3 aromatic rings. The summed E-state index contributed by atoms with van der Waals surface area (Å²) in [5.74, 6) is 0. The second-order valence-electron chi connectivity index (χ2n) is 8.23. The zero-order valence-electron chi connectivity index (χ0n) is 18.5. The maximum absolute atomic E-state index is 10.9. The van der Waals surface area contributed by atoms with Crippen molar-refractivity contribution in [1.29, 1.82) is 0 Å². The predicted molar refractivity (Wildman–Crippen MR) is 125 cm³/mol. The van der Waals surface area contributed by atoms with Crippen LogP contribution in [0.25, 0.3) is 0 Å². The van der Waals surface area contributed by atoms with E-state index in [0.717, 1.165) is 16.7 Å². The number of rotatable bonds is 8. The molecule has 0 spiro atoms. The molecule has 0 saturated carbocycles. The highest BCUT2D eigenvalue weighted by Crippen LogP contribution is 2.40. The summed E-state index contributed by atoms with van der Waals surface area (Å²) in [7, 11) is 0. The normalized spacial score (nSPS) is 20.8. The molecule has 3 atom stereocenters. The second kappa shape index (κ2) is 10.1. The fourth-order valence-electron chi connectivity index (χ4n) is 4.18. The number of ether oxygens (including phenoxy) is 3. The van der Waals surface area contributed by atoms with Crippen LogP contribution in [0.3, 0.4) is 0 Å². The van der Waals surface area contributed by atoms with Crippen LogP contribution in [0.1, 0.15) is 30.5 Å². The Hall–Kier alpha value is -2.92. The van der Waals surface area contributed by atoms with Crippen molar-refractivity contribution in [3.05, 3.63) is 120 Å². The van der Waals surface area contributed by atoms with E-state index in [1.165, 1.54) is 0 Å². The Balaban J connectivity index is 1.73. The topological polar surface area (TPSA) is 47.9 Å². The van der Waals surface area contributed by atoms with Crippen molar-refractivity contribution in [2.75, 3.05) is 6.61 Å². The summed E-state index contributed by atoms with van der Waals surface area (Å²) in [4.78, 5) is 0. The predicted octanol–water partition coefficient (Wildman–Crippen LogP) is 5.06. The molecule has 32 heavy (non-hydrogen) atoms. The molecule has 0 amide bonds. The molecule has 0 fully saturated rings. The third kappa shape index (κ3) is 4.63. The molecule has 1 aliphatic rings. The van der Waals surface area contributed by atoms with Gasteiger partial charge < -0.3 is 19.3 Å². The summed E-state index contributed by atoms with van der Waals surface area (Å²) in [6.07, 6.45) is 1.53. The summed E-state index contributed by atoms with van der Waals surface area (Å²) < 4.78 is 18.4. The fourth-order valence-corrected chi connectivity index (χ4v) is 4.18. The highest BCUT2D eigenvalue weighted by Gasteiger charge is 2.40. The molecule has 1 heterocycles. The van der Waals surface area contributed by atoms with Crippen LogP contribution in [0.2, 0.25) is 0 Å². The third-order valence-corrected chi connectivity index (χ3v) is 5.67. The van der Waals surface area contributed by atoms with Gasteiger partial charge in [-0.1, -0.05) is 91.0 Å². The van der Waals surface area contributed by atoms with Crippen molar-refractivity contribution in [2.24, 2.45) is 0 Å². The molecule has 4 nitrogen and oxygen atoms in total. The highest BCUT2D eigenvalue weighted by atomic mass is 16.6. The molecule has 4 rings (SSSR count). The number of hydrogen-bond donors (Lipinski definition) is 1. The first-order chi connectivity index (χ1) is 15.6.